The number of hydrogen-bond donors (Lipinski definition) is 0. The van der Waals surface area contributed by atoms with Gasteiger partial charge in [0.1, 0.15) is 16.5 Å². The Morgan fingerprint density at radius 1 is 1.12 bits per heavy atom. The van der Waals surface area contributed by atoms with Gasteiger partial charge >= 0.3 is 0 Å². The first-order valence-electron chi connectivity index (χ1n) is 8.39. The molecule has 0 aliphatic rings. The van der Waals surface area contributed by atoms with Crippen molar-refractivity contribution >= 4 is 27.5 Å². The third-order valence-corrected chi connectivity index (χ3v) is 5.20. The maximum atomic E-state index is 12.5. The van der Waals surface area contributed by atoms with Gasteiger partial charge in [-0.2, -0.15) is 0 Å². The van der Waals surface area contributed by atoms with E-state index >= 15 is 0 Å². The molecule has 0 saturated heterocycles. The van der Waals surface area contributed by atoms with Gasteiger partial charge in [0.2, 0.25) is 5.91 Å². The van der Waals surface area contributed by atoms with E-state index in [1.54, 1.807) is 30.5 Å². The van der Waals surface area contributed by atoms with Gasteiger partial charge in [-0.15, -0.1) is 11.3 Å². The molecule has 136 valence electrons. The van der Waals surface area contributed by atoms with E-state index in [1.807, 2.05) is 43.4 Å². The zero-order valence-electron chi connectivity index (χ0n) is 15.2. The lowest BCUT2D eigenvalue weighted by atomic mass is 10.1. The van der Waals surface area contributed by atoms with Crippen LogP contribution in [-0.4, -0.2) is 37.1 Å². The van der Waals surface area contributed by atoms with Crippen LogP contribution < -0.4 is 9.47 Å². The number of thiazole rings is 1. The van der Waals surface area contributed by atoms with Crippen molar-refractivity contribution in [1.29, 1.82) is 0 Å². The van der Waals surface area contributed by atoms with Gasteiger partial charge in [0.25, 0.3) is 0 Å². The van der Waals surface area contributed by atoms with Gasteiger partial charge in [-0.3, -0.25) is 4.79 Å². The number of benzene rings is 2. The Labute approximate surface area is 157 Å². The van der Waals surface area contributed by atoms with E-state index in [9.17, 15) is 4.79 Å². The highest BCUT2D eigenvalue weighted by Gasteiger charge is 2.13. The molecule has 0 unspecified atom stereocenters. The highest BCUT2D eigenvalue weighted by Crippen LogP contribution is 2.24. The lowest BCUT2D eigenvalue weighted by Crippen LogP contribution is -2.26. The maximum Gasteiger partial charge on any atom is 0.223 e. The highest BCUT2D eigenvalue weighted by molar-refractivity contribution is 7.18. The second-order valence-corrected chi connectivity index (χ2v) is 7.16. The minimum absolute atomic E-state index is 0.0889. The molecule has 1 aromatic heterocycles. The summed E-state index contributed by atoms with van der Waals surface area (Å²) < 4.78 is 11.7. The molecule has 0 radical (unpaired) electrons. The summed E-state index contributed by atoms with van der Waals surface area (Å²) in [5.41, 5.74) is 2.00. The van der Waals surface area contributed by atoms with Crippen molar-refractivity contribution in [1.82, 2.24) is 9.88 Å². The van der Waals surface area contributed by atoms with E-state index in [0.29, 0.717) is 19.4 Å². The summed E-state index contributed by atoms with van der Waals surface area (Å²) >= 11 is 1.63. The van der Waals surface area contributed by atoms with Crippen LogP contribution in [0.3, 0.4) is 0 Å². The van der Waals surface area contributed by atoms with Crippen molar-refractivity contribution in [3.05, 3.63) is 53.0 Å². The quantitative estimate of drug-likeness (QED) is 0.633. The predicted molar refractivity (Wildman–Crippen MR) is 104 cm³/mol. The Kier molecular flexibility index (Phi) is 5.73. The summed E-state index contributed by atoms with van der Waals surface area (Å²) in [6.07, 6.45) is 1.06. The van der Waals surface area contributed by atoms with E-state index in [4.69, 9.17) is 9.47 Å². The Morgan fingerprint density at radius 3 is 2.46 bits per heavy atom. The molecule has 0 N–H and O–H groups in total. The molecule has 0 aliphatic heterocycles. The van der Waals surface area contributed by atoms with Gasteiger partial charge in [0.05, 0.1) is 31.0 Å². The molecule has 0 atom stereocenters. The summed E-state index contributed by atoms with van der Waals surface area (Å²) in [5, 5.41) is 0.949. The lowest BCUT2D eigenvalue weighted by molar-refractivity contribution is -0.130. The molecule has 0 spiro atoms. The molecular formula is C20H22N2O3S. The SMILES string of the molecule is COc1cc(CCC(=O)N(C)Cc2nc3ccccc3s2)cc(OC)c1. The van der Waals surface area contributed by atoms with E-state index in [1.165, 1.54) is 0 Å². The molecule has 6 heteroatoms. The molecule has 3 aromatic rings. The molecule has 0 bridgehead atoms. The average molecular weight is 370 g/mol. The second-order valence-electron chi connectivity index (χ2n) is 6.05. The van der Waals surface area contributed by atoms with Crippen LogP contribution in [0.2, 0.25) is 0 Å². The van der Waals surface area contributed by atoms with Crippen molar-refractivity contribution < 1.29 is 14.3 Å². The molecule has 1 amide bonds. The third kappa shape index (κ3) is 4.32. The van der Waals surface area contributed by atoms with Crippen LogP contribution in [-0.2, 0) is 17.8 Å². The third-order valence-electron chi connectivity index (χ3n) is 4.18. The van der Waals surface area contributed by atoms with E-state index in [0.717, 1.165) is 32.3 Å². The van der Waals surface area contributed by atoms with Crippen LogP contribution in [0.4, 0.5) is 0 Å². The van der Waals surface area contributed by atoms with Crippen LogP contribution in [0.1, 0.15) is 17.0 Å². The molecule has 5 nitrogen and oxygen atoms in total. The summed E-state index contributed by atoms with van der Waals surface area (Å²) in [7, 11) is 5.06. The number of hydrogen-bond acceptors (Lipinski definition) is 5. The van der Waals surface area contributed by atoms with Crippen LogP contribution in [0.25, 0.3) is 10.2 Å². The Morgan fingerprint density at radius 2 is 1.81 bits per heavy atom. The molecule has 3 rings (SSSR count). The Balaban J connectivity index is 1.60. The minimum atomic E-state index is 0.0889. The van der Waals surface area contributed by atoms with Gasteiger partial charge in [0.15, 0.2) is 0 Å². The van der Waals surface area contributed by atoms with E-state index in [2.05, 4.69) is 11.1 Å². The zero-order valence-corrected chi connectivity index (χ0v) is 16.0. The molecule has 2 aromatic carbocycles. The topological polar surface area (TPSA) is 51.7 Å². The fraction of sp³-hybridized carbons (Fsp3) is 0.300. The summed E-state index contributed by atoms with van der Waals surface area (Å²) in [5.74, 6) is 1.55. The average Bonchev–Trinajstić information content (AvgIpc) is 3.07. The van der Waals surface area contributed by atoms with Crippen molar-refractivity contribution in [2.24, 2.45) is 0 Å². The summed E-state index contributed by atoms with van der Waals surface area (Å²) in [6.45, 7) is 0.527. The molecule has 1 heterocycles. The fourth-order valence-corrected chi connectivity index (χ4v) is 3.75. The van der Waals surface area contributed by atoms with E-state index in [-0.39, 0.29) is 5.91 Å². The fourth-order valence-electron chi connectivity index (χ4n) is 2.73. The number of methoxy groups -OCH3 is 2. The van der Waals surface area contributed by atoms with Gasteiger partial charge < -0.3 is 14.4 Å². The molecule has 0 aliphatic carbocycles. The maximum absolute atomic E-state index is 12.5. The molecule has 26 heavy (non-hydrogen) atoms. The second kappa shape index (κ2) is 8.19. The minimum Gasteiger partial charge on any atom is -0.497 e. The standard InChI is InChI=1S/C20H22N2O3S/c1-22(13-19-21-17-6-4-5-7-18(17)26-19)20(23)9-8-14-10-15(24-2)12-16(11-14)25-3/h4-7,10-12H,8-9,13H2,1-3H3. The first-order valence-corrected chi connectivity index (χ1v) is 9.21. The van der Waals surface area contributed by atoms with Crippen LogP contribution in [0.5, 0.6) is 11.5 Å². The number of carbonyl (C=O) groups excluding carboxylic acids is 1. The van der Waals surface area contributed by atoms with Crippen LogP contribution in [0, 0.1) is 0 Å². The number of para-hydroxylation sites is 1. The molecule has 0 fully saturated rings. The molecule has 0 saturated carbocycles. The van der Waals surface area contributed by atoms with Crippen LogP contribution in [0.15, 0.2) is 42.5 Å². The number of amides is 1. The van der Waals surface area contributed by atoms with Gasteiger partial charge in [-0.05, 0) is 36.2 Å². The van der Waals surface area contributed by atoms with Crippen molar-refractivity contribution in [2.45, 2.75) is 19.4 Å². The zero-order chi connectivity index (χ0) is 18.5. The number of carbonyl (C=O) groups is 1. The number of ether oxygens (including phenoxy) is 2. The Hall–Kier alpha value is -2.60. The monoisotopic (exact) mass is 370 g/mol. The van der Waals surface area contributed by atoms with Gasteiger partial charge in [-0.1, -0.05) is 12.1 Å². The van der Waals surface area contributed by atoms with Crippen molar-refractivity contribution in [2.75, 3.05) is 21.3 Å². The molecular weight excluding hydrogens is 348 g/mol. The predicted octanol–water partition coefficient (Wildman–Crippen LogP) is 3.90. The summed E-state index contributed by atoms with van der Waals surface area (Å²) in [4.78, 5) is 18.8. The van der Waals surface area contributed by atoms with E-state index < -0.39 is 0 Å². The normalized spacial score (nSPS) is 10.7. The van der Waals surface area contributed by atoms with Crippen molar-refractivity contribution in [3.63, 3.8) is 0 Å². The Bertz CT molecular complexity index is 852. The van der Waals surface area contributed by atoms with Gasteiger partial charge in [-0.25, -0.2) is 4.98 Å². The van der Waals surface area contributed by atoms with Gasteiger partial charge in [0, 0.05) is 19.5 Å². The number of aryl methyl sites for hydroxylation is 1. The largest absolute Gasteiger partial charge is 0.497 e. The first kappa shape index (κ1) is 18.2. The highest BCUT2D eigenvalue weighted by atomic mass is 32.1. The smallest absolute Gasteiger partial charge is 0.223 e. The first-order chi connectivity index (χ1) is 12.6. The van der Waals surface area contributed by atoms with Crippen LogP contribution >= 0.6 is 11.3 Å². The number of nitrogens with zero attached hydrogens (tertiary/aromatic N) is 2. The number of fused-ring (bicyclic) bond motifs is 1. The van der Waals surface area contributed by atoms with Crippen molar-refractivity contribution in [3.8, 4) is 11.5 Å². The number of rotatable bonds is 7. The number of aromatic nitrogens is 1. The lowest BCUT2D eigenvalue weighted by Gasteiger charge is -2.16. The summed E-state index contributed by atoms with van der Waals surface area (Å²) in [6, 6.07) is 13.7.